The maximum atomic E-state index is 12.8. The van der Waals surface area contributed by atoms with Gasteiger partial charge < -0.3 is 20.4 Å². The van der Waals surface area contributed by atoms with Crippen LogP contribution in [0.1, 0.15) is 66.4 Å². The Morgan fingerprint density at radius 1 is 1.09 bits per heavy atom. The summed E-state index contributed by atoms with van der Waals surface area (Å²) in [5.41, 5.74) is 2.23. The van der Waals surface area contributed by atoms with Crippen LogP contribution in [0.25, 0.3) is 0 Å². The second kappa shape index (κ2) is 11.3. The van der Waals surface area contributed by atoms with Gasteiger partial charge in [0.1, 0.15) is 0 Å². The van der Waals surface area contributed by atoms with Crippen LogP contribution in [0.15, 0.2) is 48.5 Å². The first-order valence-corrected chi connectivity index (χ1v) is 11.8. The van der Waals surface area contributed by atoms with E-state index in [1.54, 1.807) is 31.2 Å². The molecule has 174 valence electrons. The number of carbonyl (C=O) groups is 1. The Hall–Kier alpha value is -1.92. The molecule has 0 heterocycles. The topological polar surface area (TPSA) is 72.8 Å². The summed E-state index contributed by atoms with van der Waals surface area (Å²) < 4.78 is 0. The van der Waals surface area contributed by atoms with Crippen LogP contribution in [0.5, 0.6) is 0 Å². The minimum absolute atomic E-state index is 0.0578. The van der Waals surface area contributed by atoms with Crippen LogP contribution in [-0.2, 0) is 6.54 Å². The number of hydrogen-bond donors (Lipinski definition) is 3. The van der Waals surface area contributed by atoms with E-state index in [1.807, 2.05) is 11.9 Å². The third-order valence-electron chi connectivity index (χ3n) is 6.62. The zero-order chi connectivity index (χ0) is 23.1. The Kier molecular flexibility index (Phi) is 8.72. The van der Waals surface area contributed by atoms with Gasteiger partial charge in [0.15, 0.2) is 0 Å². The fraction of sp³-hybridized carbons (Fsp3) is 0.500. The highest BCUT2D eigenvalue weighted by Crippen LogP contribution is 2.35. The van der Waals surface area contributed by atoms with Gasteiger partial charge in [-0.15, -0.1) is 0 Å². The van der Waals surface area contributed by atoms with E-state index in [0.717, 1.165) is 32.2 Å². The third kappa shape index (κ3) is 6.79. The van der Waals surface area contributed by atoms with Gasteiger partial charge >= 0.3 is 0 Å². The molecule has 0 aliphatic heterocycles. The van der Waals surface area contributed by atoms with Crippen molar-refractivity contribution in [2.75, 3.05) is 20.2 Å². The highest BCUT2D eigenvalue weighted by atomic mass is 35.5. The van der Waals surface area contributed by atoms with E-state index < -0.39 is 5.60 Å². The second-order valence-corrected chi connectivity index (χ2v) is 9.69. The summed E-state index contributed by atoms with van der Waals surface area (Å²) in [6.45, 7) is 2.81. The molecule has 1 fully saturated rings. The lowest BCUT2D eigenvalue weighted by molar-refractivity contribution is -0.00464. The number of hydrogen-bond acceptors (Lipinski definition) is 4. The smallest absolute Gasteiger partial charge is 0.253 e. The molecule has 3 N–H and O–H groups in total. The average molecular weight is 459 g/mol. The molecule has 1 atom stereocenters. The average Bonchev–Trinajstić information content (AvgIpc) is 2.82. The molecule has 3 rings (SSSR count). The second-order valence-electron chi connectivity index (χ2n) is 9.25. The minimum atomic E-state index is -1.02. The van der Waals surface area contributed by atoms with Crippen molar-refractivity contribution >= 4 is 17.5 Å². The van der Waals surface area contributed by atoms with Crippen molar-refractivity contribution in [2.24, 2.45) is 0 Å². The molecule has 1 amide bonds. The molecule has 0 radical (unpaired) electrons. The van der Waals surface area contributed by atoms with Gasteiger partial charge in [-0.2, -0.15) is 0 Å². The number of aliphatic hydroxyl groups excluding tert-OH is 1. The van der Waals surface area contributed by atoms with E-state index >= 15 is 0 Å². The summed E-state index contributed by atoms with van der Waals surface area (Å²) in [5.74, 6) is 0.592. The van der Waals surface area contributed by atoms with Crippen LogP contribution in [0.3, 0.4) is 0 Å². The Balaban J connectivity index is 1.45. The monoisotopic (exact) mass is 458 g/mol. The molecule has 2 aromatic carbocycles. The van der Waals surface area contributed by atoms with Crippen LogP contribution in [0.4, 0.5) is 0 Å². The fourth-order valence-corrected chi connectivity index (χ4v) is 4.46. The zero-order valence-electron chi connectivity index (χ0n) is 19.1. The van der Waals surface area contributed by atoms with Gasteiger partial charge in [0, 0.05) is 30.2 Å². The molecule has 32 heavy (non-hydrogen) atoms. The minimum Gasteiger partial charge on any atom is -0.393 e. The van der Waals surface area contributed by atoms with Crippen LogP contribution in [0, 0.1) is 0 Å². The zero-order valence-corrected chi connectivity index (χ0v) is 19.8. The predicted octanol–water partition coefficient (Wildman–Crippen LogP) is 4.36. The quantitative estimate of drug-likeness (QED) is 0.488. The van der Waals surface area contributed by atoms with Crippen LogP contribution >= 0.6 is 11.6 Å². The number of aliphatic hydroxyl groups is 2. The number of rotatable bonds is 9. The highest BCUT2D eigenvalue weighted by Gasteiger charge is 2.27. The van der Waals surface area contributed by atoms with Gasteiger partial charge in [-0.05, 0) is 86.9 Å². The van der Waals surface area contributed by atoms with Gasteiger partial charge in [-0.25, -0.2) is 0 Å². The highest BCUT2D eigenvalue weighted by molar-refractivity contribution is 6.30. The third-order valence-corrected chi connectivity index (χ3v) is 6.87. The van der Waals surface area contributed by atoms with Crippen molar-refractivity contribution in [2.45, 2.75) is 63.1 Å². The van der Waals surface area contributed by atoms with E-state index in [4.69, 9.17) is 16.7 Å². The molecular weight excluding hydrogens is 424 g/mol. The molecule has 5 nitrogen and oxygen atoms in total. The van der Waals surface area contributed by atoms with Crippen molar-refractivity contribution in [1.82, 2.24) is 10.2 Å². The Morgan fingerprint density at radius 3 is 2.31 bits per heavy atom. The summed E-state index contributed by atoms with van der Waals surface area (Å²) in [6, 6.07) is 16.1. The van der Waals surface area contributed by atoms with Crippen molar-refractivity contribution in [3.05, 3.63) is 70.2 Å². The van der Waals surface area contributed by atoms with Gasteiger partial charge in [-0.1, -0.05) is 35.9 Å². The van der Waals surface area contributed by atoms with Gasteiger partial charge in [-0.3, -0.25) is 4.79 Å². The predicted molar refractivity (Wildman–Crippen MR) is 129 cm³/mol. The summed E-state index contributed by atoms with van der Waals surface area (Å²) in [6.07, 6.45) is 4.69. The van der Waals surface area contributed by atoms with Crippen molar-refractivity contribution in [1.29, 1.82) is 0 Å². The molecule has 0 aromatic heterocycles. The maximum absolute atomic E-state index is 12.8. The van der Waals surface area contributed by atoms with Crippen molar-refractivity contribution < 1.29 is 15.0 Å². The number of halogens is 1. The number of nitrogens with one attached hydrogen (secondary N) is 1. The van der Waals surface area contributed by atoms with Crippen LogP contribution in [-0.4, -0.2) is 52.9 Å². The molecule has 1 aliphatic carbocycles. The lowest BCUT2D eigenvalue weighted by Gasteiger charge is -2.35. The first-order chi connectivity index (χ1) is 15.3. The summed E-state index contributed by atoms with van der Waals surface area (Å²) in [7, 11) is 1.91. The molecule has 6 heteroatoms. The first kappa shape index (κ1) is 24.7. The van der Waals surface area contributed by atoms with E-state index in [1.165, 1.54) is 11.1 Å². The molecule has 0 saturated heterocycles. The number of carbonyl (C=O) groups excluding carboxylic acids is 1. The van der Waals surface area contributed by atoms with Gasteiger partial charge in [0.25, 0.3) is 5.91 Å². The van der Waals surface area contributed by atoms with E-state index in [-0.39, 0.29) is 18.6 Å². The summed E-state index contributed by atoms with van der Waals surface area (Å²) >= 11 is 5.94. The Bertz CT molecular complexity index is 860. The Morgan fingerprint density at radius 2 is 1.72 bits per heavy atom. The van der Waals surface area contributed by atoms with Gasteiger partial charge in [0.2, 0.25) is 0 Å². The number of amides is 1. The first-order valence-electron chi connectivity index (χ1n) is 11.4. The van der Waals surface area contributed by atoms with E-state index in [2.05, 4.69) is 29.6 Å². The lowest BCUT2D eigenvalue weighted by atomic mass is 9.81. The molecule has 1 saturated carbocycles. The maximum Gasteiger partial charge on any atom is 0.253 e. The molecule has 1 unspecified atom stereocenters. The van der Waals surface area contributed by atoms with E-state index in [9.17, 15) is 9.90 Å². The largest absolute Gasteiger partial charge is 0.393 e. The number of nitrogens with zero attached hydrogens (tertiary/aromatic N) is 1. The normalized spacial score (nSPS) is 20.5. The lowest BCUT2D eigenvalue weighted by Crippen LogP contribution is -2.39. The van der Waals surface area contributed by atoms with Crippen molar-refractivity contribution in [3.63, 3.8) is 0 Å². The SMILES string of the molecule is CN(C(=O)c1ccc(Cl)cc1)C1CCC(c2ccc(CNCCC(C)(O)CO)cc2)CC1. The van der Waals surface area contributed by atoms with Crippen LogP contribution < -0.4 is 5.32 Å². The Labute approximate surface area is 196 Å². The molecular formula is C26H35ClN2O3. The van der Waals surface area contributed by atoms with Crippen LogP contribution in [0.2, 0.25) is 5.02 Å². The molecule has 1 aliphatic rings. The number of benzene rings is 2. The van der Waals surface area contributed by atoms with E-state index in [0.29, 0.717) is 29.5 Å². The molecule has 0 spiro atoms. The fourth-order valence-electron chi connectivity index (χ4n) is 4.34. The summed E-state index contributed by atoms with van der Waals surface area (Å²) in [4.78, 5) is 14.7. The van der Waals surface area contributed by atoms with Gasteiger partial charge in [0.05, 0.1) is 12.2 Å². The summed E-state index contributed by atoms with van der Waals surface area (Å²) in [5, 5.41) is 22.9. The standard InChI is InChI=1S/C26H35ClN2O3/c1-26(32,18-30)15-16-28-17-19-3-5-20(6-4-19)21-9-13-24(14-10-21)29(2)25(31)22-7-11-23(27)12-8-22/h3-8,11-12,21,24,28,30,32H,9-10,13-18H2,1-2H3. The molecule has 2 aromatic rings. The molecule has 0 bridgehead atoms. The van der Waals surface area contributed by atoms with Crippen molar-refractivity contribution in [3.8, 4) is 0 Å².